The van der Waals surface area contributed by atoms with Gasteiger partial charge in [-0.3, -0.25) is 10.1 Å². The standard InChI is InChI=1S/C16H17N3O3.V/c1-9-5-12(4)16(20)14(6-9)18-17-13-7-10(2)11(3)8-15(13)19(21)22;/h5-8,20H,1-4H3;. The molecule has 23 heavy (non-hydrogen) atoms. The van der Waals surface area contributed by atoms with Crippen molar-refractivity contribution < 1.29 is 28.6 Å². The third-order valence-corrected chi connectivity index (χ3v) is 3.48. The van der Waals surface area contributed by atoms with Crippen LogP contribution in [0.15, 0.2) is 34.5 Å². The van der Waals surface area contributed by atoms with Gasteiger partial charge in [-0.05, 0) is 62.1 Å². The number of hydrogen-bond acceptors (Lipinski definition) is 5. The van der Waals surface area contributed by atoms with E-state index in [1.54, 1.807) is 26.0 Å². The second-order valence-electron chi connectivity index (χ2n) is 5.33. The molecule has 7 heteroatoms. The van der Waals surface area contributed by atoms with Crippen molar-refractivity contribution in [2.75, 3.05) is 0 Å². The van der Waals surface area contributed by atoms with Crippen LogP contribution < -0.4 is 0 Å². The zero-order chi connectivity index (χ0) is 16.4. The Morgan fingerprint density at radius 2 is 1.48 bits per heavy atom. The van der Waals surface area contributed by atoms with Gasteiger partial charge in [-0.2, -0.15) is 0 Å². The van der Waals surface area contributed by atoms with E-state index in [1.807, 2.05) is 19.9 Å². The van der Waals surface area contributed by atoms with Crippen molar-refractivity contribution in [2.24, 2.45) is 10.2 Å². The van der Waals surface area contributed by atoms with Gasteiger partial charge in [0.1, 0.15) is 11.4 Å². The molecule has 0 spiro atoms. The molecule has 6 nitrogen and oxygen atoms in total. The molecule has 1 N–H and O–H groups in total. The number of hydrogen-bond donors (Lipinski definition) is 1. The average molecular weight is 350 g/mol. The minimum absolute atomic E-state index is 0. The molecule has 0 atom stereocenters. The number of aromatic hydroxyl groups is 1. The smallest absolute Gasteiger partial charge is 0.297 e. The van der Waals surface area contributed by atoms with Gasteiger partial charge in [0.05, 0.1) is 4.92 Å². The van der Waals surface area contributed by atoms with E-state index < -0.39 is 4.92 Å². The quantitative estimate of drug-likeness (QED) is 0.483. The van der Waals surface area contributed by atoms with Crippen molar-refractivity contribution in [2.45, 2.75) is 27.7 Å². The van der Waals surface area contributed by atoms with Gasteiger partial charge < -0.3 is 5.11 Å². The van der Waals surface area contributed by atoms with Crippen LogP contribution in [0.2, 0.25) is 0 Å². The summed E-state index contributed by atoms with van der Waals surface area (Å²) in [6.45, 7) is 7.30. The van der Waals surface area contributed by atoms with Crippen molar-refractivity contribution in [1.29, 1.82) is 0 Å². The summed E-state index contributed by atoms with van der Waals surface area (Å²) in [7, 11) is 0. The summed E-state index contributed by atoms with van der Waals surface area (Å²) in [6.07, 6.45) is 0. The Bertz CT molecular complexity index is 789. The van der Waals surface area contributed by atoms with Gasteiger partial charge in [0, 0.05) is 24.6 Å². The van der Waals surface area contributed by atoms with Crippen molar-refractivity contribution in [1.82, 2.24) is 0 Å². The van der Waals surface area contributed by atoms with E-state index in [4.69, 9.17) is 0 Å². The molecular weight excluding hydrogens is 333 g/mol. The molecule has 0 saturated heterocycles. The average Bonchev–Trinajstić information content (AvgIpc) is 2.44. The molecule has 0 amide bonds. The first-order valence-electron chi connectivity index (χ1n) is 6.77. The van der Waals surface area contributed by atoms with Crippen LogP contribution in [0, 0.1) is 37.8 Å². The number of aryl methyl sites for hydroxylation is 4. The van der Waals surface area contributed by atoms with Crippen LogP contribution in [0.4, 0.5) is 17.1 Å². The van der Waals surface area contributed by atoms with Gasteiger partial charge in [-0.1, -0.05) is 6.07 Å². The maximum atomic E-state index is 11.1. The van der Waals surface area contributed by atoms with E-state index >= 15 is 0 Å². The zero-order valence-corrected chi connectivity index (χ0v) is 14.8. The van der Waals surface area contributed by atoms with Crippen molar-refractivity contribution >= 4 is 17.1 Å². The minimum Gasteiger partial charge on any atom is -0.505 e. The molecule has 0 fully saturated rings. The molecule has 119 valence electrons. The second-order valence-corrected chi connectivity index (χ2v) is 5.33. The molecule has 1 radical (unpaired) electrons. The largest absolute Gasteiger partial charge is 0.505 e. The number of nitro benzene ring substituents is 1. The summed E-state index contributed by atoms with van der Waals surface area (Å²) in [5.41, 5.74) is 3.69. The Balaban J connectivity index is 0.00000264. The third-order valence-electron chi connectivity index (χ3n) is 3.48. The number of nitrogens with zero attached hydrogens (tertiary/aromatic N) is 3. The molecule has 0 aliphatic heterocycles. The fourth-order valence-corrected chi connectivity index (χ4v) is 2.13. The molecule has 0 heterocycles. The molecular formula is C16H17N3O3V. The Morgan fingerprint density at radius 1 is 0.913 bits per heavy atom. The first-order valence-corrected chi connectivity index (χ1v) is 6.77. The summed E-state index contributed by atoms with van der Waals surface area (Å²) < 4.78 is 0. The Morgan fingerprint density at radius 3 is 2.09 bits per heavy atom. The number of azo groups is 1. The fourth-order valence-electron chi connectivity index (χ4n) is 2.13. The summed E-state index contributed by atoms with van der Waals surface area (Å²) in [5, 5.41) is 29.1. The third kappa shape index (κ3) is 4.18. The number of phenolic OH excluding ortho intramolecular Hbond substituents is 1. The van der Waals surface area contributed by atoms with Gasteiger partial charge in [0.2, 0.25) is 0 Å². The molecule has 0 bridgehead atoms. The summed E-state index contributed by atoms with van der Waals surface area (Å²) in [5.74, 6) is 0.0286. The van der Waals surface area contributed by atoms with E-state index in [2.05, 4.69) is 10.2 Å². The molecule has 0 aliphatic carbocycles. The molecule has 2 aromatic rings. The normalized spacial score (nSPS) is 10.6. The summed E-state index contributed by atoms with van der Waals surface area (Å²) in [6, 6.07) is 6.60. The van der Waals surface area contributed by atoms with Crippen LogP contribution >= 0.6 is 0 Å². The molecule has 0 aliphatic rings. The predicted molar refractivity (Wildman–Crippen MR) is 84.3 cm³/mol. The monoisotopic (exact) mass is 350 g/mol. The van der Waals surface area contributed by atoms with Crippen LogP contribution in [0.3, 0.4) is 0 Å². The van der Waals surface area contributed by atoms with Gasteiger partial charge >= 0.3 is 0 Å². The van der Waals surface area contributed by atoms with E-state index in [0.717, 1.165) is 16.7 Å². The van der Waals surface area contributed by atoms with E-state index in [-0.39, 0.29) is 35.7 Å². The van der Waals surface area contributed by atoms with Crippen molar-refractivity contribution in [3.8, 4) is 5.75 Å². The Kier molecular flexibility index (Phi) is 6.07. The molecule has 0 aromatic heterocycles. The van der Waals surface area contributed by atoms with Crippen LogP contribution in [0.1, 0.15) is 22.3 Å². The van der Waals surface area contributed by atoms with Crippen LogP contribution in [-0.4, -0.2) is 10.0 Å². The zero-order valence-electron chi connectivity index (χ0n) is 13.4. The van der Waals surface area contributed by atoms with Gasteiger partial charge in [0.25, 0.3) is 5.69 Å². The summed E-state index contributed by atoms with van der Waals surface area (Å²) >= 11 is 0. The Labute approximate surface area is 146 Å². The van der Waals surface area contributed by atoms with Crippen LogP contribution in [0.25, 0.3) is 0 Å². The number of phenols is 1. The van der Waals surface area contributed by atoms with Gasteiger partial charge in [-0.15, -0.1) is 10.2 Å². The van der Waals surface area contributed by atoms with E-state index in [9.17, 15) is 15.2 Å². The molecule has 2 rings (SSSR count). The number of rotatable bonds is 3. The topological polar surface area (TPSA) is 88.1 Å². The molecule has 0 unspecified atom stereocenters. The molecule has 2 aromatic carbocycles. The summed E-state index contributed by atoms with van der Waals surface area (Å²) in [4.78, 5) is 10.6. The van der Waals surface area contributed by atoms with Gasteiger partial charge in [0.15, 0.2) is 5.69 Å². The first-order chi connectivity index (χ1) is 10.3. The van der Waals surface area contributed by atoms with Crippen molar-refractivity contribution in [3.63, 3.8) is 0 Å². The maximum Gasteiger partial charge on any atom is 0.297 e. The number of nitro groups is 1. The fraction of sp³-hybridized carbons (Fsp3) is 0.250. The van der Waals surface area contributed by atoms with Crippen molar-refractivity contribution in [3.05, 3.63) is 56.6 Å². The van der Waals surface area contributed by atoms with Crippen LogP contribution in [-0.2, 0) is 18.6 Å². The SMILES string of the molecule is Cc1cc(C)c(O)c(N=Nc2cc(C)c(C)cc2[N+](=O)[O-])c1.[V]. The maximum absolute atomic E-state index is 11.1. The second kappa shape index (κ2) is 7.39. The van der Waals surface area contributed by atoms with Gasteiger partial charge in [-0.25, -0.2) is 0 Å². The minimum atomic E-state index is -0.484. The van der Waals surface area contributed by atoms with E-state index in [1.165, 1.54) is 6.07 Å². The predicted octanol–water partition coefficient (Wildman–Crippen LogP) is 4.95. The van der Waals surface area contributed by atoms with Crippen LogP contribution in [0.5, 0.6) is 5.75 Å². The molecule has 0 saturated carbocycles. The number of benzene rings is 2. The van der Waals surface area contributed by atoms with E-state index in [0.29, 0.717) is 11.3 Å². The Hall–Kier alpha value is -2.18. The first kappa shape index (κ1) is 18.9.